The highest BCUT2D eigenvalue weighted by atomic mass is 32.2. The molecule has 2 aromatic heterocycles. The van der Waals surface area contributed by atoms with Gasteiger partial charge in [-0.05, 0) is 43.0 Å². The second-order valence-electron chi connectivity index (χ2n) is 5.91. The largest absolute Gasteiger partial charge is 0.410 e. The third-order valence-corrected chi connectivity index (χ3v) is 5.59. The van der Waals surface area contributed by atoms with Crippen molar-refractivity contribution in [1.29, 1.82) is 0 Å². The number of amides is 1. The van der Waals surface area contributed by atoms with Crippen molar-refractivity contribution < 1.29 is 9.21 Å². The van der Waals surface area contributed by atoms with Crippen molar-refractivity contribution in [2.75, 3.05) is 30.3 Å². The maximum absolute atomic E-state index is 12.1. The van der Waals surface area contributed by atoms with E-state index in [0.29, 0.717) is 17.7 Å². The molecule has 8 heteroatoms. The van der Waals surface area contributed by atoms with Crippen LogP contribution in [0.3, 0.4) is 0 Å². The van der Waals surface area contributed by atoms with Gasteiger partial charge in [-0.25, -0.2) is 0 Å². The Morgan fingerprint density at radius 2 is 2.19 bits per heavy atom. The molecule has 0 saturated carbocycles. The van der Waals surface area contributed by atoms with E-state index < -0.39 is 0 Å². The van der Waals surface area contributed by atoms with E-state index in [-0.39, 0.29) is 11.7 Å². The fourth-order valence-corrected chi connectivity index (χ4v) is 3.81. The van der Waals surface area contributed by atoms with Gasteiger partial charge in [0, 0.05) is 25.3 Å². The number of rotatable bonds is 9. The van der Waals surface area contributed by atoms with Crippen LogP contribution in [0.2, 0.25) is 0 Å². The molecule has 142 valence electrons. The van der Waals surface area contributed by atoms with Gasteiger partial charge in [-0.1, -0.05) is 30.0 Å². The van der Waals surface area contributed by atoms with Crippen LogP contribution in [-0.2, 0) is 4.79 Å². The summed E-state index contributed by atoms with van der Waals surface area (Å²) in [6.07, 6.45) is 0. The number of aromatic nitrogens is 2. The zero-order valence-corrected chi connectivity index (χ0v) is 17.0. The van der Waals surface area contributed by atoms with Gasteiger partial charge in [0.05, 0.1) is 10.6 Å². The lowest BCUT2D eigenvalue weighted by molar-refractivity contribution is -0.118. The maximum atomic E-state index is 12.1. The lowest BCUT2D eigenvalue weighted by Crippen LogP contribution is -2.35. The third kappa shape index (κ3) is 5.58. The summed E-state index contributed by atoms with van der Waals surface area (Å²) in [7, 11) is 0. The molecule has 1 N–H and O–H groups in total. The molecule has 0 spiro atoms. The van der Waals surface area contributed by atoms with Crippen molar-refractivity contribution in [3.8, 4) is 10.8 Å². The maximum Gasteiger partial charge on any atom is 0.277 e. The molecular formula is C19H22N4O2S2. The molecule has 2 heterocycles. The van der Waals surface area contributed by atoms with Crippen molar-refractivity contribution in [1.82, 2.24) is 15.5 Å². The highest BCUT2D eigenvalue weighted by molar-refractivity contribution is 7.99. The molecule has 1 amide bonds. The minimum absolute atomic E-state index is 0.0452. The average molecular weight is 403 g/mol. The fraction of sp³-hybridized carbons (Fsp3) is 0.316. The number of hydrogen-bond donors (Lipinski definition) is 1. The van der Waals surface area contributed by atoms with Crippen molar-refractivity contribution in [2.45, 2.75) is 19.1 Å². The number of nitrogens with one attached hydrogen (secondary N) is 1. The topological polar surface area (TPSA) is 71.3 Å². The summed E-state index contributed by atoms with van der Waals surface area (Å²) in [6, 6.07) is 12.2. The third-order valence-electron chi connectivity index (χ3n) is 3.92. The number of aryl methyl sites for hydroxylation is 1. The minimum atomic E-state index is -0.0452. The fourth-order valence-electron chi connectivity index (χ4n) is 2.57. The summed E-state index contributed by atoms with van der Waals surface area (Å²) < 4.78 is 5.57. The predicted octanol–water partition coefficient (Wildman–Crippen LogP) is 3.84. The number of nitrogens with zero attached hydrogens (tertiary/aromatic N) is 3. The van der Waals surface area contributed by atoms with E-state index in [1.54, 1.807) is 0 Å². The highest BCUT2D eigenvalue weighted by Crippen LogP contribution is 2.26. The Hall–Kier alpha value is -2.32. The van der Waals surface area contributed by atoms with Crippen LogP contribution in [0.4, 0.5) is 5.69 Å². The van der Waals surface area contributed by atoms with Crippen molar-refractivity contribution in [2.24, 2.45) is 0 Å². The van der Waals surface area contributed by atoms with Crippen molar-refractivity contribution in [3.63, 3.8) is 0 Å². The molecule has 0 atom stereocenters. The molecule has 0 fully saturated rings. The molecule has 27 heavy (non-hydrogen) atoms. The SMILES string of the molecule is CCN(CCNC(=O)CSc1nnc(-c2cccs2)o1)c1cccc(C)c1. The monoisotopic (exact) mass is 402 g/mol. The summed E-state index contributed by atoms with van der Waals surface area (Å²) in [5.74, 6) is 0.698. The van der Waals surface area contributed by atoms with Gasteiger partial charge < -0.3 is 14.6 Å². The molecule has 0 aliphatic heterocycles. The molecule has 0 aliphatic carbocycles. The van der Waals surface area contributed by atoms with Crippen LogP contribution in [0, 0.1) is 6.92 Å². The summed E-state index contributed by atoms with van der Waals surface area (Å²) in [4.78, 5) is 15.2. The van der Waals surface area contributed by atoms with Crippen LogP contribution in [-0.4, -0.2) is 41.5 Å². The van der Waals surface area contributed by atoms with Gasteiger partial charge in [-0.2, -0.15) is 0 Å². The molecule has 0 bridgehead atoms. The van der Waals surface area contributed by atoms with E-state index in [9.17, 15) is 4.79 Å². The number of anilines is 1. The van der Waals surface area contributed by atoms with Crippen LogP contribution in [0.1, 0.15) is 12.5 Å². The molecule has 3 rings (SSSR count). The Bertz CT molecular complexity index is 864. The van der Waals surface area contributed by atoms with Crippen molar-refractivity contribution >= 4 is 34.7 Å². The second-order valence-corrected chi connectivity index (χ2v) is 7.78. The first kappa shape index (κ1) is 19.4. The number of thiophene rings is 1. The molecular weight excluding hydrogens is 380 g/mol. The lowest BCUT2D eigenvalue weighted by Gasteiger charge is -2.23. The normalized spacial score (nSPS) is 10.7. The Labute approximate surface area is 167 Å². The number of likely N-dealkylation sites (N-methyl/N-ethyl adjacent to an activating group) is 1. The van der Waals surface area contributed by atoms with E-state index in [4.69, 9.17) is 4.42 Å². The smallest absolute Gasteiger partial charge is 0.277 e. The number of thioether (sulfide) groups is 1. The van der Waals surface area contributed by atoms with Gasteiger partial charge in [0.1, 0.15) is 0 Å². The molecule has 0 unspecified atom stereocenters. The van der Waals surface area contributed by atoms with Gasteiger partial charge in [-0.15, -0.1) is 21.5 Å². The van der Waals surface area contributed by atoms with E-state index >= 15 is 0 Å². The first-order valence-corrected chi connectivity index (χ1v) is 10.6. The molecule has 1 aromatic carbocycles. The van der Waals surface area contributed by atoms with Crippen LogP contribution in [0.25, 0.3) is 10.8 Å². The first-order chi connectivity index (χ1) is 13.2. The van der Waals surface area contributed by atoms with E-state index in [1.165, 1.54) is 34.3 Å². The summed E-state index contributed by atoms with van der Waals surface area (Å²) in [6.45, 7) is 6.44. The standard InChI is InChI=1S/C19H22N4O2S2/c1-3-23(15-7-4-6-14(2)12-15)10-9-20-17(24)13-27-19-22-21-18(25-19)16-8-5-11-26-16/h4-8,11-12H,3,9-10,13H2,1-2H3,(H,20,24). The van der Waals surface area contributed by atoms with Gasteiger partial charge in [0.15, 0.2) is 0 Å². The zero-order chi connectivity index (χ0) is 19.1. The first-order valence-electron chi connectivity index (χ1n) is 8.74. The van der Waals surface area contributed by atoms with Crippen LogP contribution < -0.4 is 10.2 Å². The Morgan fingerprint density at radius 1 is 1.30 bits per heavy atom. The van der Waals surface area contributed by atoms with Crippen LogP contribution in [0.5, 0.6) is 0 Å². The zero-order valence-electron chi connectivity index (χ0n) is 15.3. The minimum Gasteiger partial charge on any atom is -0.410 e. The Balaban J connectivity index is 1.42. The van der Waals surface area contributed by atoms with Crippen LogP contribution in [0.15, 0.2) is 51.4 Å². The van der Waals surface area contributed by atoms with Gasteiger partial charge in [0.25, 0.3) is 11.1 Å². The summed E-state index contributed by atoms with van der Waals surface area (Å²) >= 11 is 2.79. The van der Waals surface area contributed by atoms with Gasteiger partial charge in [-0.3, -0.25) is 4.79 Å². The van der Waals surface area contributed by atoms with Gasteiger partial charge >= 0.3 is 0 Å². The van der Waals surface area contributed by atoms with E-state index in [0.717, 1.165) is 18.0 Å². The number of hydrogen-bond acceptors (Lipinski definition) is 7. The molecule has 0 aliphatic rings. The van der Waals surface area contributed by atoms with Crippen molar-refractivity contribution in [3.05, 3.63) is 47.3 Å². The highest BCUT2D eigenvalue weighted by Gasteiger charge is 2.12. The van der Waals surface area contributed by atoms with E-state index in [1.807, 2.05) is 17.5 Å². The summed E-state index contributed by atoms with van der Waals surface area (Å²) in [5.41, 5.74) is 2.40. The Kier molecular flexibility index (Phi) is 6.89. The van der Waals surface area contributed by atoms with E-state index in [2.05, 4.69) is 58.5 Å². The quantitative estimate of drug-likeness (QED) is 0.548. The predicted molar refractivity (Wildman–Crippen MR) is 110 cm³/mol. The molecule has 3 aromatic rings. The second kappa shape index (κ2) is 9.57. The van der Waals surface area contributed by atoms with Gasteiger partial charge in [0.2, 0.25) is 5.91 Å². The molecule has 6 nitrogen and oxygen atoms in total. The van der Waals surface area contributed by atoms with Crippen LogP contribution >= 0.6 is 23.1 Å². The Morgan fingerprint density at radius 3 is 2.93 bits per heavy atom. The number of carbonyl (C=O) groups excluding carboxylic acids is 1. The molecule has 0 saturated heterocycles. The number of benzene rings is 1. The average Bonchev–Trinajstić information content (AvgIpc) is 3.35. The number of carbonyl (C=O) groups is 1. The lowest BCUT2D eigenvalue weighted by atomic mass is 10.2. The molecule has 0 radical (unpaired) electrons. The summed E-state index contributed by atoms with van der Waals surface area (Å²) in [5, 5.41) is 13.3.